The van der Waals surface area contributed by atoms with Crippen molar-refractivity contribution < 1.29 is 33.8 Å². The molecule has 9 N–H and O–H groups in total. The average Bonchev–Trinajstić information content (AvgIpc) is 3.76. The molecule has 0 radical (unpaired) electrons. The monoisotopic (exact) mass is 944 g/mol. The molecule has 5 fully saturated rings. The third kappa shape index (κ3) is 9.84. The van der Waals surface area contributed by atoms with Gasteiger partial charge in [0.05, 0.1) is 16.8 Å². The van der Waals surface area contributed by atoms with Gasteiger partial charge in [0.1, 0.15) is 30.0 Å². The molecule has 3 atom stereocenters. The van der Waals surface area contributed by atoms with Crippen molar-refractivity contribution in [3.05, 3.63) is 101 Å². The van der Waals surface area contributed by atoms with Crippen LogP contribution in [0.4, 0.5) is 16.2 Å². The summed E-state index contributed by atoms with van der Waals surface area (Å²) in [6.07, 6.45) is 7.83. The molecular formula is C51H65N11O7. The van der Waals surface area contributed by atoms with Gasteiger partial charge in [-0.2, -0.15) is 0 Å². The number of fused-ring (bicyclic) bond motifs is 3. The van der Waals surface area contributed by atoms with Crippen molar-refractivity contribution in [1.82, 2.24) is 30.2 Å². The molecule has 69 heavy (non-hydrogen) atoms. The number of allylic oxidation sites excluding steroid dienone is 1. The topological polar surface area (TPSA) is 236 Å². The first-order valence-corrected chi connectivity index (χ1v) is 24.4. The minimum absolute atomic E-state index is 0.0308. The molecule has 6 aliphatic heterocycles. The van der Waals surface area contributed by atoms with Gasteiger partial charge in [0.15, 0.2) is 0 Å². The van der Waals surface area contributed by atoms with Crippen molar-refractivity contribution in [2.45, 2.75) is 76.4 Å². The number of para-hydroxylation sites is 1. The number of piperidine rings is 3. The highest BCUT2D eigenvalue weighted by Gasteiger charge is 2.46. The molecular weight excluding hydrogens is 879 g/mol. The molecule has 6 heterocycles. The number of phenols is 1. The molecule has 6 aliphatic rings. The van der Waals surface area contributed by atoms with Gasteiger partial charge >= 0.3 is 6.03 Å². The fourth-order valence-electron chi connectivity index (χ4n) is 11.3. The summed E-state index contributed by atoms with van der Waals surface area (Å²) in [6, 6.07) is 20.0. The third-order valence-corrected chi connectivity index (χ3v) is 15.3. The number of imide groups is 2. The number of phenolic OH excluding ortho intramolecular Hbond substituents is 1. The molecule has 1 spiro atoms. The summed E-state index contributed by atoms with van der Waals surface area (Å²) in [7, 11) is 0. The molecule has 3 aromatic carbocycles. The number of nitrogens with two attached hydrogens (primary N) is 3. The number of piperazine rings is 1. The molecule has 18 nitrogen and oxygen atoms in total. The van der Waals surface area contributed by atoms with Gasteiger partial charge in [0.25, 0.3) is 11.8 Å². The molecule has 2 bridgehead atoms. The lowest BCUT2D eigenvalue weighted by Crippen LogP contribution is -2.54. The quantitative estimate of drug-likeness (QED) is 0.101. The van der Waals surface area contributed by atoms with Crippen LogP contribution >= 0.6 is 0 Å². The molecule has 366 valence electrons. The van der Waals surface area contributed by atoms with Crippen LogP contribution in [0, 0.1) is 5.41 Å². The maximum Gasteiger partial charge on any atom is 0.317 e. The number of likely N-dealkylation sites (tertiary alicyclic amines) is 2. The third-order valence-electron chi connectivity index (χ3n) is 15.3. The first kappa shape index (κ1) is 47.1. The van der Waals surface area contributed by atoms with Gasteiger partial charge in [-0.1, -0.05) is 25.1 Å². The SMILES string of the molecule is CCN(CCNC(=O)N1CCC2(CC1)CCN(c1ccc3c(c1)C(=O)N(C1CCC(=O)NC1=O)C3=O)CC2)CCOc1cccc(N2C3CCC2CN(C(/C=C(\N)c2ccccc2O)=C(N)N)C3)c1. The predicted molar refractivity (Wildman–Crippen MR) is 262 cm³/mol. The molecule has 0 saturated carbocycles. The van der Waals surface area contributed by atoms with E-state index < -0.39 is 29.7 Å². The van der Waals surface area contributed by atoms with Crippen molar-refractivity contribution in [2.24, 2.45) is 22.6 Å². The van der Waals surface area contributed by atoms with E-state index in [2.05, 4.69) is 49.3 Å². The minimum Gasteiger partial charge on any atom is -0.507 e. The van der Waals surface area contributed by atoms with E-state index in [0.29, 0.717) is 55.3 Å². The second-order valence-electron chi connectivity index (χ2n) is 19.3. The van der Waals surface area contributed by atoms with Gasteiger partial charge in [0, 0.05) is 106 Å². The van der Waals surface area contributed by atoms with Gasteiger partial charge in [-0.3, -0.25) is 34.3 Å². The fourth-order valence-corrected chi connectivity index (χ4v) is 11.3. The molecule has 3 unspecified atom stereocenters. The van der Waals surface area contributed by atoms with Crippen molar-refractivity contribution in [1.29, 1.82) is 0 Å². The van der Waals surface area contributed by atoms with Crippen LogP contribution in [-0.2, 0) is 9.59 Å². The highest BCUT2D eigenvalue weighted by molar-refractivity contribution is 6.23. The van der Waals surface area contributed by atoms with Crippen LogP contribution in [-0.4, -0.2) is 145 Å². The van der Waals surface area contributed by atoms with E-state index in [1.807, 2.05) is 29.2 Å². The second kappa shape index (κ2) is 19.9. The van der Waals surface area contributed by atoms with Crippen LogP contribution in [0.25, 0.3) is 5.70 Å². The Labute approximate surface area is 403 Å². The molecule has 5 saturated heterocycles. The van der Waals surface area contributed by atoms with Gasteiger partial charge in [-0.25, -0.2) is 4.79 Å². The highest BCUT2D eigenvalue weighted by atomic mass is 16.5. The number of likely N-dealkylation sites (N-methyl/N-ethyl adjacent to an activating group) is 1. The van der Waals surface area contributed by atoms with Gasteiger partial charge in [-0.05, 0) is 105 Å². The Hall–Kier alpha value is -6.95. The summed E-state index contributed by atoms with van der Waals surface area (Å²) in [5.74, 6) is -0.916. The van der Waals surface area contributed by atoms with E-state index in [4.69, 9.17) is 21.9 Å². The van der Waals surface area contributed by atoms with E-state index >= 15 is 0 Å². The summed E-state index contributed by atoms with van der Waals surface area (Å²) in [5.41, 5.74) is 23.1. The number of nitrogens with zero attached hydrogens (tertiary/aromatic N) is 6. The number of rotatable bonds is 14. The maximum absolute atomic E-state index is 13.4. The Morgan fingerprint density at radius 2 is 1.55 bits per heavy atom. The molecule has 6 amide bonds. The first-order chi connectivity index (χ1) is 33.3. The number of anilines is 2. The van der Waals surface area contributed by atoms with Crippen molar-refractivity contribution in [3.63, 3.8) is 0 Å². The van der Waals surface area contributed by atoms with E-state index in [1.54, 1.807) is 36.4 Å². The first-order valence-electron chi connectivity index (χ1n) is 24.4. The highest BCUT2D eigenvalue weighted by Crippen LogP contribution is 2.43. The molecule has 9 rings (SSSR count). The maximum atomic E-state index is 13.4. The summed E-state index contributed by atoms with van der Waals surface area (Å²) < 4.78 is 6.30. The minimum atomic E-state index is -0.989. The lowest BCUT2D eigenvalue weighted by Gasteiger charge is -2.47. The van der Waals surface area contributed by atoms with E-state index in [9.17, 15) is 29.1 Å². The lowest BCUT2D eigenvalue weighted by molar-refractivity contribution is -0.136. The van der Waals surface area contributed by atoms with Crippen LogP contribution in [0.3, 0.4) is 0 Å². The van der Waals surface area contributed by atoms with Crippen LogP contribution in [0.15, 0.2) is 84.3 Å². The number of amides is 6. The Balaban J connectivity index is 0.694. The predicted octanol–water partition coefficient (Wildman–Crippen LogP) is 3.33. The Kier molecular flexibility index (Phi) is 13.6. The van der Waals surface area contributed by atoms with E-state index in [1.165, 1.54) is 0 Å². The number of carbonyl (C=O) groups is 5. The van der Waals surface area contributed by atoms with Gasteiger partial charge in [-0.15, -0.1) is 0 Å². The number of ether oxygens (including phenoxy) is 1. The zero-order chi connectivity index (χ0) is 48.4. The molecule has 3 aromatic rings. The Morgan fingerprint density at radius 1 is 0.841 bits per heavy atom. The Morgan fingerprint density at radius 3 is 2.25 bits per heavy atom. The van der Waals surface area contributed by atoms with Crippen LogP contribution in [0.5, 0.6) is 11.5 Å². The average molecular weight is 944 g/mol. The summed E-state index contributed by atoms with van der Waals surface area (Å²) in [4.78, 5) is 76.2. The van der Waals surface area contributed by atoms with Crippen molar-refractivity contribution in [3.8, 4) is 11.5 Å². The molecule has 0 aromatic heterocycles. The summed E-state index contributed by atoms with van der Waals surface area (Å²) in [6.45, 7) is 9.88. The number of benzene rings is 3. The Bertz CT molecular complexity index is 2510. The number of carbonyl (C=O) groups excluding carboxylic acids is 5. The number of hydrogen-bond donors (Lipinski definition) is 6. The smallest absolute Gasteiger partial charge is 0.317 e. The van der Waals surface area contributed by atoms with E-state index in [0.717, 1.165) is 99.8 Å². The van der Waals surface area contributed by atoms with Crippen LogP contribution < -0.4 is 42.4 Å². The second-order valence-corrected chi connectivity index (χ2v) is 19.3. The zero-order valence-corrected chi connectivity index (χ0v) is 39.4. The zero-order valence-electron chi connectivity index (χ0n) is 39.4. The van der Waals surface area contributed by atoms with Crippen LogP contribution in [0.1, 0.15) is 84.6 Å². The number of nitrogens with one attached hydrogen (secondary N) is 2. The lowest BCUT2D eigenvalue weighted by atomic mass is 9.71. The fraction of sp³-hybridized carbons (Fsp3) is 0.471. The number of urea groups is 1. The summed E-state index contributed by atoms with van der Waals surface area (Å²) >= 11 is 0. The number of hydrogen-bond acceptors (Lipinski definition) is 14. The van der Waals surface area contributed by atoms with Gasteiger partial charge in [0.2, 0.25) is 11.8 Å². The summed E-state index contributed by atoms with van der Waals surface area (Å²) in [5, 5.41) is 15.7. The largest absolute Gasteiger partial charge is 0.507 e. The van der Waals surface area contributed by atoms with Crippen molar-refractivity contribution in [2.75, 3.05) is 81.9 Å². The van der Waals surface area contributed by atoms with E-state index in [-0.39, 0.29) is 53.5 Å². The number of aromatic hydroxyl groups is 1. The van der Waals surface area contributed by atoms with Crippen molar-refractivity contribution >= 4 is 46.7 Å². The van der Waals surface area contributed by atoms with Crippen LogP contribution in [0.2, 0.25) is 0 Å². The molecule has 18 heteroatoms. The molecule has 0 aliphatic carbocycles. The normalized spacial score (nSPS) is 22.3. The standard InChI is InChI=1S/C51H65N11O7/c1-2-57(26-27-69-37-7-5-6-34(28-37)61-35-10-11-36(61)32-60(31-35)43(46(53)54)30-41(52)39-8-3-4-9-44(39)63)25-20-55-50(68)59-23-18-51(19-24-59)16-21-58(22-17-51)33-12-13-38-40(29-33)49(67)62(48(38)66)42-14-15-45(64)56-47(42)65/h3-9,12-13,28-30,35-36,42,63H,2,10-11,14-27,31-32,52-54H2,1H3,(H,55,68)(H,56,64,65)/b41-30-. The van der Waals surface area contributed by atoms with Gasteiger partial charge < -0.3 is 52.0 Å².